The highest BCUT2D eigenvalue weighted by Gasteiger charge is 2.14. The molecular weight excluding hydrogens is 398 g/mol. The van der Waals surface area contributed by atoms with Crippen LogP contribution in [0.15, 0.2) is 67.3 Å². The molecule has 2 aromatic carbocycles. The van der Waals surface area contributed by atoms with Crippen molar-refractivity contribution in [2.75, 3.05) is 10.6 Å². The van der Waals surface area contributed by atoms with Crippen LogP contribution in [0.1, 0.15) is 20.7 Å². The number of aryl methyl sites for hydroxylation is 1. The van der Waals surface area contributed by atoms with E-state index >= 15 is 0 Å². The van der Waals surface area contributed by atoms with E-state index in [2.05, 4.69) is 25.6 Å². The van der Waals surface area contributed by atoms with E-state index in [0.717, 1.165) is 6.29 Å². The van der Waals surface area contributed by atoms with Gasteiger partial charge in [0.05, 0.1) is 12.6 Å². The first-order chi connectivity index (χ1) is 15.0. The van der Waals surface area contributed by atoms with Crippen LogP contribution in [0.3, 0.4) is 0 Å². The summed E-state index contributed by atoms with van der Waals surface area (Å²) in [6, 6.07) is 13.1. The lowest BCUT2D eigenvalue weighted by atomic mass is 10.2. The Morgan fingerprint density at radius 2 is 1.55 bits per heavy atom. The van der Waals surface area contributed by atoms with Gasteiger partial charge in [0.25, 0.3) is 6.33 Å². The lowest BCUT2D eigenvalue weighted by molar-refractivity contribution is -0.670. The van der Waals surface area contributed by atoms with E-state index in [-0.39, 0.29) is 11.5 Å². The molecule has 0 bridgehead atoms. The van der Waals surface area contributed by atoms with Crippen LogP contribution in [-0.2, 0) is 7.05 Å². The molecule has 0 spiro atoms. The van der Waals surface area contributed by atoms with Gasteiger partial charge in [0.1, 0.15) is 18.7 Å². The molecule has 154 valence electrons. The number of imidazole rings is 1. The molecule has 0 saturated heterocycles. The van der Waals surface area contributed by atoms with E-state index in [9.17, 15) is 9.59 Å². The largest absolute Gasteiger partial charge is 0.478 e. The standard InChI is InChI=1S/C21H17N7O3/c1-27-10-11-28(13-27)21-25-19(22-16-6-2-14(12-29)3-7-16)24-20(26-21)23-17-8-4-15(5-9-17)18(30)31/h2-13H,1H3,(H2-,22,23,24,25,26,29,30,31)/p+1. The fourth-order valence-corrected chi connectivity index (χ4v) is 2.76. The van der Waals surface area contributed by atoms with Crippen LogP contribution >= 0.6 is 0 Å². The normalized spacial score (nSPS) is 10.5. The minimum absolute atomic E-state index is 0.183. The van der Waals surface area contributed by atoms with Gasteiger partial charge in [0, 0.05) is 16.9 Å². The fraction of sp³-hybridized carbons (Fsp3) is 0.0476. The van der Waals surface area contributed by atoms with Crippen molar-refractivity contribution in [1.82, 2.24) is 19.5 Å². The molecule has 0 aliphatic carbocycles. The molecule has 2 aromatic heterocycles. The molecule has 3 N–H and O–H groups in total. The molecule has 0 fully saturated rings. The van der Waals surface area contributed by atoms with E-state index in [0.29, 0.717) is 28.8 Å². The summed E-state index contributed by atoms with van der Waals surface area (Å²) in [4.78, 5) is 35.2. The molecule has 2 heterocycles. The molecule has 4 aromatic rings. The third-order valence-corrected chi connectivity index (χ3v) is 4.31. The Labute approximate surface area is 176 Å². The van der Waals surface area contributed by atoms with E-state index in [4.69, 9.17) is 5.11 Å². The Kier molecular flexibility index (Phi) is 5.35. The molecule has 4 rings (SSSR count). The summed E-state index contributed by atoms with van der Waals surface area (Å²) in [5, 5.41) is 15.2. The second kappa shape index (κ2) is 8.41. The van der Waals surface area contributed by atoms with Crippen molar-refractivity contribution in [2.24, 2.45) is 7.05 Å². The summed E-state index contributed by atoms with van der Waals surface area (Å²) in [6.07, 6.45) is 6.24. The van der Waals surface area contributed by atoms with Gasteiger partial charge < -0.3 is 15.7 Å². The number of nitrogens with one attached hydrogen (secondary N) is 2. The van der Waals surface area contributed by atoms with Gasteiger partial charge >= 0.3 is 11.9 Å². The molecular formula is C21H18N7O3+. The maximum Gasteiger partial charge on any atom is 0.335 e. The van der Waals surface area contributed by atoms with E-state index < -0.39 is 5.97 Å². The quantitative estimate of drug-likeness (QED) is 0.310. The average molecular weight is 416 g/mol. The third-order valence-electron chi connectivity index (χ3n) is 4.31. The maximum atomic E-state index is 11.0. The summed E-state index contributed by atoms with van der Waals surface area (Å²) in [7, 11) is 1.88. The minimum Gasteiger partial charge on any atom is -0.478 e. The number of carboxylic acid groups (broad SMARTS) is 1. The Balaban J connectivity index is 1.66. The Bertz CT molecular complexity index is 1230. The lowest BCUT2D eigenvalue weighted by Crippen LogP contribution is -2.23. The van der Waals surface area contributed by atoms with Crippen LogP contribution in [0.2, 0.25) is 0 Å². The monoisotopic (exact) mass is 416 g/mol. The van der Waals surface area contributed by atoms with Gasteiger partial charge in [0.15, 0.2) is 0 Å². The number of aldehydes is 1. The van der Waals surface area contributed by atoms with Crippen molar-refractivity contribution in [2.45, 2.75) is 0 Å². The molecule has 31 heavy (non-hydrogen) atoms. The van der Waals surface area contributed by atoms with E-state index in [1.54, 1.807) is 41.0 Å². The van der Waals surface area contributed by atoms with Crippen molar-refractivity contribution in [3.63, 3.8) is 0 Å². The zero-order valence-corrected chi connectivity index (χ0v) is 16.4. The molecule has 10 heteroatoms. The summed E-state index contributed by atoms with van der Waals surface area (Å²) in [5.74, 6) is -0.0462. The SMILES string of the molecule is C[n+]1ccn(-c2nc(Nc3ccc(C=O)cc3)nc(Nc3ccc(C(=O)O)cc3)n2)c1. The number of hydrogen-bond donors (Lipinski definition) is 3. The van der Waals surface area contributed by atoms with Crippen molar-refractivity contribution < 1.29 is 19.3 Å². The third kappa shape index (κ3) is 4.70. The number of aromatic nitrogens is 5. The van der Waals surface area contributed by atoms with Crippen LogP contribution in [0.4, 0.5) is 23.3 Å². The number of carboxylic acids is 1. The molecule has 0 saturated carbocycles. The highest BCUT2D eigenvalue weighted by Crippen LogP contribution is 2.19. The van der Waals surface area contributed by atoms with Gasteiger partial charge in [-0.05, 0) is 48.5 Å². The Hall–Kier alpha value is -4.60. The topological polar surface area (TPSA) is 126 Å². The molecule has 0 unspecified atom stereocenters. The molecule has 10 nitrogen and oxygen atoms in total. The van der Waals surface area contributed by atoms with Crippen LogP contribution < -0.4 is 15.2 Å². The van der Waals surface area contributed by atoms with Crippen molar-refractivity contribution >= 4 is 35.5 Å². The second-order valence-corrected chi connectivity index (χ2v) is 6.64. The van der Waals surface area contributed by atoms with Gasteiger partial charge in [-0.15, -0.1) is 0 Å². The van der Waals surface area contributed by atoms with Crippen molar-refractivity contribution in [1.29, 1.82) is 0 Å². The average Bonchev–Trinajstić information content (AvgIpc) is 3.21. The predicted molar refractivity (Wildman–Crippen MR) is 112 cm³/mol. The van der Waals surface area contributed by atoms with E-state index in [1.165, 1.54) is 12.1 Å². The number of carbonyl (C=O) groups is 2. The number of nitrogens with zero attached hydrogens (tertiary/aromatic N) is 5. The molecule has 0 amide bonds. The summed E-state index contributed by atoms with van der Waals surface area (Å²) in [6.45, 7) is 0. The summed E-state index contributed by atoms with van der Waals surface area (Å²) < 4.78 is 3.59. The zero-order valence-electron chi connectivity index (χ0n) is 16.4. The van der Waals surface area contributed by atoms with Crippen molar-refractivity contribution in [3.8, 4) is 5.95 Å². The number of aromatic carboxylic acids is 1. The minimum atomic E-state index is -0.999. The van der Waals surface area contributed by atoms with Crippen LogP contribution in [-0.4, -0.2) is 36.9 Å². The van der Waals surface area contributed by atoms with Crippen molar-refractivity contribution in [3.05, 3.63) is 78.4 Å². The molecule has 0 aliphatic rings. The van der Waals surface area contributed by atoms with Crippen LogP contribution in [0.25, 0.3) is 5.95 Å². The molecule has 0 radical (unpaired) electrons. The highest BCUT2D eigenvalue weighted by atomic mass is 16.4. The smallest absolute Gasteiger partial charge is 0.335 e. The second-order valence-electron chi connectivity index (χ2n) is 6.64. The van der Waals surface area contributed by atoms with Gasteiger partial charge in [-0.25, -0.2) is 9.36 Å². The zero-order chi connectivity index (χ0) is 21.8. The number of carbonyl (C=O) groups excluding carboxylic acids is 1. The van der Waals surface area contributed by atoms with Crippen LogP contribution in [0.5, 0.6) is 0 Å². The number of anilines is 4. The lowest BCUT2D eigenvalue weighted by Gasteiger charge is -2.09. The first-order valence-corrected chi connectivity index (χ1v) is 9.22. The fourth-order valence-electron chi connectivity index (χ4n) is 2.76. The summed E-state index contributed by atoms with van der Waals surface area (Å²) in [5.41, 5.74) is 2.08. The first-order valence-electron chi connectivity index (χ1n) is 9.22. The van der Waals surface area contributed by atoms with Gasteiger partial charge in [-0.2, -0.15) is 19.5 Å². The highest BCUT2D eigenvalue weighted by molar-refractivity contribution is 5.88. The number of benzene rings is 2. The molecule has 0 aliphatic heterocycles. The van der Waals surface area contributed by atoms with Crippen LogP contribution in [0, 0.1) is 0 Å². The Morgan fingerprint density at radius 3 is 2.03 bits per heavy atom. The first kappa shape index (κ1) is 19.7. The van der Waals surface area contributed by atoms with E-state index in [1.807, 2.05) is 30.3 Å². The number of rotatable bonds is 7. The van der Waals surface area contributed by atoms with Gasteiger partial charge in [0.2, 0.25) is 11.9 Å². The van der Waals surface area contributed by atoms with Gasteiger partial charge in [-0.1, -0.05) is 0 Å². The van der Waals surface area contributed by atoms with Gasteiger partial charge in [-0.3, -0.25) is 4.79 Å². The summed E-state index contributed by atoms with van der Waals surface area (Å²) >= 11 is 0. The Morgan fingerprint density at radius 1 is 0.968 bits per heavy atom. The molecule has 0 atom stereocenters. The maximum absolute atomic E-state index is 11.0. The predicted octanol–water partition coefficient (Wildman–Crippen LogP) is 2.48. The number of hydrogen-bond acceptors (Lipinski definition) is 7.